The summed E-state index contributed by atoms with van der Waals surface area (Å²) in [7, 11) is 1.75. The van der Waals surface area contributed by atoms with Crippen LogP contribution in [0.1, 0.15) is 76.2 Å². The highest BCUT2D eigenvalue weighted by Gasteiger charge is 2.20. The van der Waals surface area contributed by atoms with Crippen molar-refractivity contribution in [2.75, 3.05) is 20.3 Å². The van der Waals surface area contributed by atoms with E-state index in [1.165, 1.54) is 63.4 Å². The summed E-state index contributed by atoms with van der Waals surface area (Å²) in [5.74, 6) is 2.48. The van der Waals surface area contributed by atoms with Crippen molar-refractivity contribution in [1.29, 1.82) is 0 Å². The Balaban J connectivity index is 1.68. The van der Waals surface area contributed by atoms with Gasteiger partial charge in [-0.3, -0.25) is 0 Å². The van der Waals surface area contributed by atoms with Crippen molar-refractivity contribution in [2.45, 2.75) is 70.6 Å². The second-order valence-corrected chi connectivity index (χ2v) is 7.33. The average Bonchev–Trinajstić information content (AvgIpc) is 2.66. The van der Waals surface area contributed by atoms with Crippen molar-refractivity contribution >= 4 is 0 Å². The second-order valence-electron chi connectivity index (χ2n) is 7.33. The van der Waals surface area contributed by atoms with Crippen LogP contribution >= 0.6 is 0 Å². The molecule has 25 heavy (non-hydrogen) atoms. The zero-order valence-corrected chi connectivity index (χ0v) is 16.2. The number of allylic oxidation sites excluding steroid dienone is 1. The molecule has 2 rings (SSSR count). The molecule has 0 atom stereocenters. The number of benzene rings is 1. The van der Waals surface area contributed by atoms with E-state index in [0.29, 0.717) is 0 Å². The third kappa shape index (κ3) is 7.64. The third-order valence-electron chi connectivity index (χ3n) is 5.31. The van der Waals surface area contributed by atoms with E-state index in [9.17, 15) is 0 Å². The van der Waals surface area contributed by atoms with E-state index in [1.54, 1.807) is 7.11 Å². The van der Waals surface area contributed by atoms with Crippen LogP contribution in [0.3, 0.4) is 0 Å². The molecule has 2 heteroatoms. The molecule has 1 aromatic carbocycles. The number of rotatable bonds is 11. The molecule has 0 N–H and O–H groups in total. The highest BCUT2D eigenvalue weighted by Crippen LogP contribution is 2.36. The molecule has 2 nitrogen and oxygen atoms in total. The molecule has 0 aliphatic heterocycles. The van der Waals surface area contributed by atoms with Gasteiger partial charge in [-0.15, -0.1) is 0 Å². The van der Waals surface area contributed by atoms with Crippen LogP contribution < -0.4 is 4.74 Å². The topological polar surface area (TPSA) is 18.5 Å². The Labute approximate surface area is 154 Å². The maximum absolute atomic E-state index is 5.88. The predicted octanol–water partition coefficient (Wildman–Crippen LogP) is 6.51. The summed E-state index contributed by atoms with van der Waals surface area (Å²) in [5, 5.41) is 0. The Morgan fingerprint density at radius 1 is 0.960 bits per heavy atom. The van der Waals surface area contributed by atoms with Gasteiger partial charge in [0.05, 0.1) is 13.2 Å². The first-order chi connectivity index (χ1) is 12.3. The Morgan fingerprint density at radius 3 is 2.36 bits per heavy atom. The summed E-state index contributed by atoms with van der Waals surface area (Å²) in [6, 6.07) is 8.87. The molecule has 0 saturated heterocycles. The van der Waals surface area contributed by atoms with Crippen LogP contribution in [0.5, 0.6) is 5.75 Å². The third-order valence-corrected chi connectivity index (χ3v) is 5.31. The van der Waals surface area contributed by atoms with Crippen molar-refractivity contribution in [2.24, 2.45) is 5.92 Å². The lowest BCUT2D eigenvalue weighted by Crippen LogP contribution is -2.11. The zero-order chi connectivity index (χ0) is 17.7. The van der Waals surface area contributed by atoms with E-state index < -0.39 is 0 Å². The number of ether oxygens (including phenoxy) is 2. The van der Waals surface area contributed by atoms with Gasteiger partial charge in [0.2, 0.25) is 0 Å². The Kier molecular flexibility index (Phi) is 9.73. The maximum atomic E-state index is 5.88. The second kappa shape index (κ2) is 12.1. The lowest BCUT2D eigenvalue weighted by molar-refractivity contribution is 0.233. The van der Waals surface area contributed by atoms with Crippen LogP contribution in [0.15, 0.2) is 36.4 Å². The van der Waals surface area contributed by atoms with Crippen LogP contribution in [-0.2, 0) is 4.74 Å². The van der Waals surface area contributed by atoms with Gasteiger partial charge < -0.3 is 9.47 Å². The molecule has 0 unspecified atom stereocenters. The molecule has 1 saturated carbocycles. The number of hydrogen-bond donors (Lipinski definition) is 0. The highest BCUT2D eigenvalue weighted by atomic mass is 16.5. The summed E-state index contributed by atoms with van der Waals surface area (Å²) in [4.78, 5) is 0. The molecular formula is C23H36O2. The van der Waals surface area contributed by atoms with Gasteiger partial charge in [0.15, 0.2) is 0 Å². The van der Waals surface area contributed by atoms with Gasteiger partial charge in [-0.1, -0.05) is 56.9 Å². The van der Waals surface area contributed by atoms with Gasteiger partial charge in [-0.25, -0.2) is 0 Å². The summed E-state index contributed by atoms with van der Waals surface area (Å²) >= 11 is 0. The first kappa shape index (κ1) is 20.0. The number of methoxy groups -OCH3 is 1. The minimum Gasteiger partial charge on any atom is -0.494 e. The molecule has 0 heterocycles. The van der Waals surface area contributed by atoms with Crippen LogP contribution in [-0.4, -0.2) is 20.3 Å². The monoisotopic (exact) mass is 344 g/mol. The first-order valence-corrected chi connectivity index (χ1v) is 10.2. The van der Waals surface area contributed by atoms with Crippen LogP contribution in [0.2, 0.25) is 0 Å². The van der Waals surface area contributed by atoms with E-state index >= 15 is 0 Å². The lowest BCUT2D eigenvalue weighted by atomic mass is 9.78. The minimum atomic E-state index is 0.718. The van der Waals surface area contributed by atoms with E-state index in [4.69, 9.17) is 9.47 Å². The van der Waals surface area contributed by atoms with Gasteiger partial charge in [0, 0.05) is 7.11 Å². The van der Waals surface area contributed by atoms with E-state index in [-0.39, 0.29) is 0 Å². The molecule has 1 aliphatic carbocycles. The minimum absolute atomic E-state index is 0.718. The van der Waals surface area contributed by atoms with Crippen molar-refractivity contribution in [3.63, 3.8) is 0 Å². The van der Waals surface area contributed by atoms with E-state index in [0.717, 1.165) is 30.8 Å². The average molecular weight is 345 g/mol. The molecule has 1 aromatic rings. The summed E-state index contributed by atoms with van der Waals surface area (Å²) < 4.78 is 11.0. The molecule has 0 spiro atoms. The van der Waals surface area contributed by atoms with Gasteiger partial charge >= 0.3 is 0 Å². The van der Waals surface area contributed by atoms with Crippen LogP contribution in [0, 0.1) is 5.92 Å². The molecule has 1 fully saturated rings. The molecular weight excluding hydrogens is 308 g/mol. The highest BCUT2D eigenvalue weighted by molar-refractivity contribution is 5.29. The predicted molar refractivity (Wildman–Crippen MR) is 106 cm³/mol. The van der Waals surface area contributed by atoms with Gasteiger partial charge in [0.25, 0.3) is 0 Å². The van der Waals surface area contributed by atoms with Gasteiger partial charge in [0.1, 0.15) is 5.75 Å². The fourth-order valence-electron chi connectivity index (χ4n) is 3.72. The van der Waals surface area contributed by atoms with E-state index in [1.807, 2.05) is 0 Å². The maximum Gasteiger partial charge on any atom is 0.119 e. The first-order valence-electron chi connectivity index (χ1n) is 10.2. The Morgan fingerprint density at radius 2 is 1.68 bits per heavy atom. The Hall–Kier alpha value is -1.28. The largest absolute Gasteiger partial charge is 0.494 e. The number of hydrogen-bond acceptors (Lipinski definition) is 2. The molecule has 1 aliphatic rings. The molecule has 0 bridgehead atoms. The standard InChI is InChI=1S/C23H36O2/c1-3-4-5-6-7-19-25-23-16-14-22(15-17-23)21-12-10-20(11-13-21)9-8-18-24-2/h8-9,14-17,20-21H,3-7,10-13,18-19H2,1-2H3/t20-,21-. The molecule has 0 amide bonds. The van der Waals surface area contributed by atoms with Gasteiger partial charge in [-0.2, -0.15) is 0 Å². The normalized spacial score (nSPS) is 20.9. The van der Waals surface area contributed by atoms with Crippen molar-refractivity contribution in [3.8, 4) is 5.75 Å². The van der Waals surface area contributed by atoms with Crippen molar-refractivity contribution in [1.82, 2.24) is 0 Å². The summed E-state index contributed by atoms with van der Waals surface area (Å²) in [6.07, 6.45) is 16.1. The van der Waals surface area contributed by atoms with Crippen molar-refractivity contribution in [3.05, 3.63) is 42.0 Å². The quantitative estimate of drug-likeness (QED) is 0.336. The Bertz CT molecular complexity index is 469. The smallest absolute Gasteiger partial charge is 0.119 e. The summed E-state index contributed by atoms with van der Waals surface area (Å²) in [5.41, 5.74) is 1.48. The van der Waals surface area contributed by atoms with Crippen molar-refractivity contribution < 1.29 is 9.47 Å². The molecule has 0 radical (unpaired) electrons. The van der Waals surface area contributed by atoms with Gasteiger partial charge in [-0.05, 0) is 61.6 Å². The fraction of sp³-hybridized carbons (Fsp3) is 0.652. The number of unbranched alkanes of at least 4 members (excludes halogenated alkanes) is 4. The molecule has 0 aromatic heterocycles. The summed E-state index contributed by atoms with van der Waals surface area (Å²) in [6.45, 7) is 3.84. The zero-order valence-electron chi connectivity index (χ0n) is 16.2. The van der Waals surface area contributed by atoms with Crippen LogP contribution in [0.25, 0.3) is 0 Å². The fourth-order valence-corrected chi connectivity index (χ4v) is 3.72. The SMILES string of the molecule is CCCCCCCOc1ccc([C@H]2CC[C@H](C=CCOC)CC2)cc1. The van der Waals surface area contributed by atoms with Crippen LogP contribution in [0.4, 0.5) is 0 Å². The molecule has 140 valence electrons. The lowest BCUT2D eigenvalue weighted by Gasteiger charge is -2.27. The van der Waals surface area contributed by atoms with E-state index in [2.05, 4.69) is 43.3 Å².